The summed E-state index contributed by atoms with van der Waals surface area (Å²) in [5.74, 6) is -1.39. The Bertz CT molecular complexity index is 1380. The first-order chi connectivity index (χ1) is 17.7. The molecule has 3 aromatic rings. The number of methoxy groups -OCH3 is 1. The standard InChI is InChI=1S/C25H22N4O6/c1-34-25(33)17-5-2-15(3-6-17)11-26-23(31)20-10-21(29-14-28-20)24(32)27-12-16-4-7-22-18(8-16)9-19(30)13-35-22/h2-8,10,14H,9,11-13H2,1H3,(H,26,31)(H,27,32)/i11D2. The van der Waals surface area contributed by atoms with E-state index in [0.29, 0.717) is 5.75 Å². The van der Waals surface area contributed by atoms with Gasteiger partial charge in [0.25, 0.3) is 11.8 Å². The van der Waals surface area contributed by atoms with Crippen molar-refractivity contribution in [3.63, 3.8) is 0 Å². The summed E-state index contributed by atoms with van der Waals surface area (Å²) in [5.41, 5.74) is 1.54. The Morgan fingerprint density at radius 1 is 1.00 bits per heavy atom. The zero-order valence-corrected chi connectivity index (χ0v) is 18.7. The Morgan fingerprint density at radius 2 is 1.69 bits per heavy atom. The number of hydrogen-bond acceptors (Lipinski definition) is 8. The fraction of sp³-hybridized carbons (Fsp3) is 0.200. The third-order valence-electron chi connectivity index (χ3n) is 5.11. The van der Waals surface area contributed by atoms with Crippen molar-refractivity contribution in [2.24, 2.45) is 0 Å². The minimum atomic E-state index is -2.29. The molecule has 35 heavy (non-hydrogen) atoms. The molecule has 4 rings (SSSR count). The molecule has 0 bridgehead atoms. The van der Waals surface area contributed by atoms with Gasteiger partial charge in [-0.25, -0.2) is 14.8 Å². The molecule has 0 fully saturated rings. The molecule has 10 nitrogen and oxygen atoms in total. The van der Waals surface area contributed by atoms with E-state index in [0.717, 1.165) is 23.5 Å². The number of esters is 1. The molecule has 0 unspecified atom stereocenters. The third kappa shape index (κ3) is 5.85. The average Bonchev–Trinajstić information content (AvgIpc) is 2.90. The summed E-state index contributed by atoms with van der Waals surface area (Å²) in [5, 5.41) is 4.92. The second-order valence-electron chi connectivity index (χ2n) is 7.57. The van der Waals surface area contributed by atoms with Crippen LogP contribution in [0.4, 0.5) is 0 Å². The van der Waals surface area contributed by atoms with E-state index in [2.05, 4.69) is 25.3 Å². The van der Waals surface area contributed by atoms with Gasteiger partial charge in [0.2, 0.25) is 0 Å². The monoisotopic (exact) mass is 476 g/mol. The van der Waals surface area contributed by atoms with Gasteiger partial charge in [-0.15, -0.1) is 0 Å². The van der Waals surface area contributed by atoms with Crippen molar-refractivity contribution >= 4 is 23.6 Å². The second kappa shape index (κ2) is 10.6. The maximum absolute atomic E-state index is 12.7. The number of hydrogen-bond donors (Lipinski definition) is 2. The van der Waals surface area contributed by atoms with Crippen LogP contribution in [-0.4, -0.2) is 47.3 Å². The van der Waals surface area contributed by atoms with Gasteiger partial charge < -0.3 is 20.1 Å². The summed E-state index contributed by atoms with van der Waals surface area (Å²) in [6, 6.07) is 11.9. The van der Waals surface area contributed by atoms with E-state index in [1.54, 1.807) is 18.2 Å². The predicted molar refractivity (Wildman–Crippen MR) is 123 cm³/mol. The number of nitrogens with one attached hydrogen (secondary N) is 2. The topological polar surface area (TPSA) is 137 Å². The average molecular weight is 476 g/mol. The molecular weight excluding hydrogens is 452 g/mol. The molecule has 1 aliphatic rings. The summed E-state index contributed by atoms with van der Waals surface area (Å²) in [4.78, 5) is 56.2. The fourth-order valence-corrected chi connectivity index (χ4v) is 3.32. The highest BCUT2D eigenvalue weighted by Gasteiger charge is 2.18. The maximum Gasteiger partial charge on any atom is 0.337 e. The van der Waals surface area contributed by atoms with Gasteiger partial charge in [0.1, 0.15) is 30.1 Å². The van der Waals surface area contributed by atoms with Crippen LogP contribution in [-0.2, 0) is 29.0 Å². The normalized spacial score (nSPS) is 13.5. The minimum absolute atomic E-state index is 0.0249. The van der Waals surface area contributed by atoms with E-state index in [1.165, 1.54) is 31.4 Å². The molecule has 2 aromatic carbocycles. The van der Waals surface area contributed by atoms with Gasteiger partial charge in [-0.05, 0) is 35.4 Å². The molecule has 1 aromatic heterocycles. The predicted octanol–water partition coefficient (Wildman–Crippen LogP) is 1.63. The van der Waals surface area contributed by atoms with Crippen LogP contribution in [0.3, 0.4) is 0 Å². The molecule has 1 aliphatic heterocycles. The zero-order valence-electron chi connectivity index (χ0n) is 20.7. The van der Waals surface area contributed by atoms with Gasteiger partial charge >= 0.3 is 5.97 Å². The lowest BCUT2D eigenvalue weighted by atomic mass is 10.0. The van der Waals surface area contributed by atoms with Gasteiger partial charge in [0, 0.05) is 31.1 Å². The number of ether oxygens (including phenoxy) is 2. The third-order valence-corrected chi connectivity index (χ3v) is 5.11. The van der Waals surface area contributed by atoms with E-state index in [1.807, 2.05) is 0 Å². The Labute approximate surface area is 203 Å². The zero-order chi connectivity index (χ0) is 26.6. The van der Waals surface area contributed by atoms with E-state index >= 15 is 0 Å². The van der Waals surface area contributed by atoms with Crippen LogP contribution in [0, 0.1) is 0 Å². The van der Waals surface area contributed by atoms with Gasteiger partial charge in [-0.2, -0.15) is 0 Å². The minimum Gasteiger partial charge on any atom is -0.486 e. The number of aromatic nitrogens is 2. The quantitative estimate of drug-likeness (QED) is 0.491. The van der Waals surface area contributed by atoms with Crippen LogP contribution in [0.1, 0.15) is 50.8 Å². The Morgan fingerprint density at radius 3 is 2.40 bits per heavy atom. The lowest BCUT2D eigenvalue weighted by Gasteiger charge is -2.17. The van der Waals surface area contributed by atoms with E-state index in [-0.39, 0.29) is 47.9 Å². The van der Waals surface area contributed by atoms with Crippen molar-refractivity contribution in [1.82, 2.24) is 20.6 Å². The summed E-state index contributed by atoms with van der Waals surface area (Å²) in [7, 11) is 1.23. The van der Waals surface area contributed by atoms with Crippen LogP contribution in [0.15, 0.2) is 54.9 Å². The van der Waals surface area contributed by atoms with Crippen LogP contribution < -0.4 is 15.4 Å². The summed E-state index contributed by atoms with van der Waals surface area (Å²) in [6.07, 6.45) is 1.30. The number of Topliss-reactive ketones (excluding diaryl/α,β-unsaturated/α-hetero) is 1. The number of carbonyl (C=O) groups excluding carboxylic acids is 4. The van der Waals surface area contributed by atoms with Crippen LogP contribution in [0.5, 0.6) is 5.75 Å². The maximum atomic E-state index is 12.7. The van der Waals surface area contributed by atoms with Gasteiger partial charge in [-0.3, -0.25) is 14.4 Å². The largest absolute Gasteiger partial charge is 0.486 e. The van der Waals surface area contributed by atoms with E-state index in [9.17, 15) is 19.2 Å². The number of benzene rings is 2. The molecule has 0 spiro atoms. The number of ketones is 1. The first-order valence-electron chi connectivity index (χ1n) is 11.5. The van der Waals surface area contributed by atoms with Crippen molar-refractivity contribution in [2.75, 3.05) is 13.7 Å². The van der Waals surface area contributed by atoms with Crippen molar-refractivity contribution in [3.05, 3.63) is 88.5 Å². The van der Waals surface area contributed by atoms with Crippen LogP contribution in [0.25, 0.3) is 0 Å². The Balaban J connectivity index is 1.40. The van der Waals surface area contributed by atoms with E-state index in [4.69, 9.17) is 7.48 Å². The lowest BCUT2D eigenvalue weighted by molar-refractivity contribution is -0.121. The lowest BCUT2D eigenvalue weighted by Crippen LogP contribution is -2.27. The van der Waals surface area contributed by atoms with Crippen molar-refractivity contribution in [1.29, 1.82) is 0 Å². The van der Waals surface area contributed by atoms with Crippen LogP contribution >= 0.6 is 0 Å². The number of fused-ring (bicyclic) bond motifs is 1. The first kappa shape index (κ1) is 21.0. The molecule has 0 radical (unpaired) electrons. The molecule has 2 N–H and O–H groups in total. The summed E-state index contributed by atoms with van der Waals surface area (Å²) >= 11 is 0. The van der Waals surface area contributed by atoms with Gasteiger partial charge in [-0.1, -0.05) is 18.2 Å². The van der Waals surface area contributed by atoms with Crippen molar-refractivity contribution in [3.8, 4) is 5.75 Å². The molecule has 2 amide bonds. The Kier molecular flexibility index (Phi) is 6.32. The highest BCUT2D eigenvalue weighted by molar-refractivity contribution is 5.97. The summed E-state index contributed by atoms with van der Waals surface area (Å²) < 4.78 is 26.4. The molecule has 10 heteroatoms. The van der Waals surface area contributed by atoms with Gasteiger partial charge in [0.15, 0.2) is 5.78 Å². The molecule has 0 aliphatic carbocycles. The molecule has 0 saturated heterocycles. The Hall–Kier alpha value is -4.60. The molecule has 0 atom stereocenters. The number of nitrogens with zero attached hydrogens (tertiary/aromatic N) is 2. The highest BCUT2D eigenvalue weighted by atomic mass is 16.5. The van der Waals surface area contributed by atoms with E-state index < -0.39 is 24.3 Å². The van der Waals surface area contributed by atoms with Crippen molar-refractivity contribution < 1.29 is 31.4 Å². The molecule has 0 saturated carbocycles. The van der Waals surface area contributed by atoms with Crippen molar-refractivity contribution in [2.45, 2.75) is 19.5 Å². The fourth-order valence-electron chi connectivity index (χ4n) is 3.32. The number of carbonyl (C=O) groups is 4. The number of rotatable bonds is 7. The SMILES string of the molecule is [2H]C([2H])(NC(=O)c1cc(C(=O)NCc2ccc3c(c2)CC(=O)CO3)ncn1)c1ccc(C(=O)OC)cc1. The smallest absolute Gasteiger partial charge is 0.337 e. The van der Waals surface area contributed by atoms with Crippen LogP contribution in [0.2, 0.25) is 0 Å². The molecule has 178 valence electrons. The molecule has 2 heterocycles. The first-order valence-corrected chi connectivity index (χ1v) is 10.5. The van der Waals surface area contributed by atoms with Gasteiger partial charge in [0.05, 0.1) is 15.4 Å². The number of amides is 2. The molecular formula is C25H22N4O6. The highest BCUT2D eigenvalue weighted by Crippen LogP contribution is 2.24. The second-order valence-corrected chi connectivity index (χ2v) is 7.57. The summed E-state index contributed by atoms with van der Waals surface area (Å²) in [6.45, 7) is -2.09.